The summed E-state index contributed by atoms with van der Waals surface area (Å²) in [6.07, 6.45) is 10.6. The van der Waals surface area contributed by atoms with Crippen molar-refractivity contribution >= 4 is 17.2 Å². The molecule has 0 saturated carbocycles. The summed E-state index contributed by atoms with van der Waals surface area (Å²) in [6.45, 7) is 7.88. The average Bonchev–Trinajstić information content (AvgIpc) is 2.83. The SMILES string of the molecule is Cc1ccc(N2C(=O)C(C)(C)C3CC=C(c4cnc(C)nc4)C=C32)cn1. The number of carbonyl (C=O) groups excluding carboxylic acids is 1. The Morgan fingerprint density at radius 2 is 1.81 bits per heavy atom. The third-order valence-corrected chi connectivity index (χ3v) is 5.39. The molecule has 5 nitrogen and oxygen atoms in total. The van der Waals surface area contributed by atoms with Crippen molar-refractivity contribution in [2.24, 2.45) is 11.3 Å². The summed E-state index contributed by atoms with van der Waals surface area (Å²) in [5.74, 6) is 1.03. The Morgan fingerprint density at radius 3 is 2.46 bits per heavy atom. The smallest absolute Gasteiger partial charge is 0.237 e. The Balaban J connectivity index is 1.79. The minimum Gasteiger partial charge on any atom is -0.282 e. The van der Waals surface area contributed by atoms with Crippen LogP contribution in [0.1, 0.15) is 37.4 Å². The molecule has 0 aromatic carbocycles. The van der Waals surface area contributed by atoms with Crippen LogP contribution >= 0.6 is 0 Å². The molecule has 0 N–H and O–H groups in total. The van der Waals surface area contributed by atoms with E-state index in [1.54, 1.807) is 6.20 Å². The second kappa shape index (κ2) is 5.87. The molecule has 1 fully saturated rings. The number of anilines is 1. The monoisotopic (exact) mass is 346 g/mol. The molecule has 4 rings (SSSR count). The lowest BCUT2D eigenvalue weighted by Gasteiger charge is -2.26. The molecular weight excluding hydrogens is 324 g/mol. The fourth-order valence-corrected chi connectivity index (χ4v) is 3.73. The molecule has 2 aromatic rings. The molecule has 3 heterocycles. The first-order valence-corrected chi connectivity index (χ1v) is 8.86. The van der Waals surface area contributed by atoms with Crippen LogP contribution in [0.25, 0.3) is 5.57 Å². The van der Waals surface area contributed by atoms with Crippen LogP contribution in [0, 0.1) is 25.2 Å². The minimum atomic E-state index is -0.442. The zero-order valence-corrected chi connectivity index (χ0v) is 15.5. The number of aromatic nitrogens is 3. The third-order valence-electron chi connectivity index (χ3n) is 5.39. The molecule has 1 unspecified atom stereocenters. The van der Waals surface area contributed by atoms with Gasteiger partial charge in [0, 0.05) is 35.3 Å². The maximum atomic E-state index is 13.2. The molecule has 1 atom stereocenters. The van der Waals surface area contributed by atoms with Crippen molar-refractivity contribution in [3.05, 3.63) is 65.7 Å². The quantitative estimate of drug-likeness (QED) is 0.829. The van der Waals surface area contributed by atoms with Gasteiger partial charge < -0.3 is 0 Å². The molecule has 0 spiro atoms. The lowest BCUT2D eigenvalue weighted by atomic mass is 9.75. The number of hydrogen-bond acceptors (Lipinski definition) is 4. The molecule has 2 aromatic heterocycles. The molecule has 132 valence electrons. The Morgan fingerprint density at radius 1 is 1.08 bits per heavy atom. The van der Waals surface area contributed by atoms with Crippen LogP contribution in [0.5, 0.6) is 0 Å². The second-order valence-electron chi connectivity index (χ2n) is 7.56. The van der Waals surface area contributed by atoms with Crippen LogP contribution in [0.15, 0.2) is 48.6 Å². The summed E-state index contributed by atoms with van der Waals surface area (Å²) in [7, 11) is 0. The first kappa shape index (κ1) is 16.6. The fraction of sp³-hybridized carbons (Fsp3) is 0.333. The molecule has 26 heavy (non-hydrogen) atoms. The number of nitrogens with zero attached hydrogens (tertiary/aromatic N) is 4. The number of carbonyl (C=O) groups is 1. The largest absolute Gasteiger partial charge is 0.282 e. The molecule has 1 saturated heterocycles. The van der Waals surface area contributed by atoms with Gasteiger partial charge in [-0.2, -0.15) is 0 Å². The first-order valence-electron chi connectivity index (χ1n) is 8.86. The van der Waals surface area contributed by atoms with E-state index in [2.05, 4.69) is 27.1 Å². The number of hydrogen-bond donors (Lipinski definition) is 0. The topological polar surface area (TPSA) is 59.0 Å². The Kier molecular flexibility index (Phi) is 3.75. The van der Waals surface area contributed by atoms with E-state index < -0.39 is 5.41 Å². The van der Waals surface area contributed by atoms with Gasteiger partial charge in [-0.05, 0) is 44.1 Å². The number of rotatable bonds is 2. The summed E-state index contributed by atoms with van der Waals surface area (Å²) < 4.78 is 0. The summed E-state index contributed by atoms with van der Waals surface area (Å²) in [5, 5.41) is 0. The van der Waals surface area contributed by atoms with Crippen molar-refractivity contribution in [1.29, 1.82) is 0 Å². The minimum absolute atomic E-state index is 0.120. The van der Waals surface area contributed by atoms with E-state index in [9.17, 15) is 4.79 Å². The first-order chi connectivity index (χ1) is 12.4. The van der Waals surface area contributed by atoms with Crippen LogP contribution in [-0.2, 0) is 4.79 Å². The van der Waals surface area contributed by atoms with E-state index in [0.717, 1.165) is 40.5 Å². The summed E-state index contributed by atoms with van der Waals surface area (Å²) in [6, 6.07) is 3.91. The van der Waals surface area contributed by atoms with Crippen molar-refractivity contribution in [2.45, 2.75) is 34.1 Å². The zero-order valence-electron chi connectivity index (χ0n) is 15.5. The van der Waals surface area contributed by atoms with E-state index in [-0.39, 0.29) is 11.8 Å². The summed E-state index contributed by atoms with van der Waals surface area (Å²) >= 11 is 0. The standard InChI is InChI=1S/C21H22N4O/c1-13-5-7-17(12-22-13)25-19-9-15(16-10-23-14(2)24-11-16)6-8-18(19)21(3,4)20(25)26/h5-7,9-12,18H,8H2,1-4H3. The zero-order chi connectivity index (χ0) is 18.5. The van der Waals surface area contributed by atoms with Crippen LogP contribution in [0.2, 0.25) is 0 Å². The maximum Gasteiger partial charge on any atom is 0.237 e. The highest BCUT2D eigenvalue weighted by molar-refractivity contribution is 6.04. The van der Waals surface area contributed by atoms with Crippen molar-refractivity contribution in [2.75, 3.05) is 4.90 Å². The Labute approximate surface area is 153 Å². The van der Waals surface area contributed by atoms with Crippen LogP contribution in [0.3, 0.4) is 0 Å². The molecule has 2 aliphatic rings. The van der Waals surface area contributed by atoms with Crippen LogP contribution in [-0.4, -0.2) is 20.9 Å². The van der Waals surface area contributed by atoms with E-state index in [1.807, 2.05) is 57.1 Å². The van der Waals surface area contributed by atoms with Gasteiger partial charge in [-0.1, -0.05) is 19.9 Å². The lowest BCUT2D eigenvalue weighted by molar-refractivity contribution is -0.125. The van der Waals surface area contributed by atoms with Crippen molar-refractivity contribution in [1.82, 2.24) is 15.0 Å². The number of allylic oxidation sites excluding steroid dienone is 4. The average molecular weight is 346 g/mol. The Hall–Kier alpha value is -2.82. The van der Waals surface area contributed by atoms with Gasteiger partial charge >= 0.3 is 0 Å². The molecule has 5 heteroatoms. The highest BCUT2D eigenvalue weighted by atomic mass is 16.2. The molecule has 1 aliphatic carbocycles. The number of fused-ring (bicyclic) bond motifs is 1. The Bertz CT molecular complexity index is 923. The second-order valence-corrected chi connectivity index (χ2v) is 7.56. The van der Waals surface area contributed by atoms with Crippen molar-refractivity contribution in [3.8, 4) is 0 Å². The van der Waals surface area contributed by atoms with Crippen molar-refractivity contribution < 1.29 is 4.79 Å². The van der Waals surface area contributed by atoms with E-state index in [1.165, 1.54) is 0 Å². The normalized spacial score (nSPS) is 21.3. The van der Waals surface area contributed by atoms with Gasteiger partial charge in [0.25, 0.3) is 0 Å². The van der Waals surface area contributed by atoms with E-state index in [0.29, 0.717) is 0 Å². The van der Waals surface area contributed by atoms with Crippen LogP contribution in [0.4, 0.5) is 5.69 Å². The molecule has 1 amide bonds. The summed E-state index contributed by atoms with van der Waals surface area (Å²) in [5.41, 5.74) is 4.38. The van der Waals surface area contributed by atoms with Gasteiger partial charge in [-0.15, -0.1) is 0 Å². The van der Waals surface area contributed by atoms with Crippen molar-refractivity contribution in [3.63, 3.8) is 0 Å². The molecule has 0 radical (unpaired) electrons. The highest BCUT2D eigenvalue weighted by Gasteiger charge is 2.51. The fourth-order valence-electron chi connectivity index (χ4n) is 3.73. The van der Waals surface area contributed by atoms with Gasteiger partial charge in [0.15, 0.2) is 0 Å². The predicted molar refractivity (Wildman–Crippen MR) is 101 cm³/mol. The number of aryl methyl sites for hydroxylation is 2. The maximum absolute atomic E-state index is 13.2. The van der Waals surface area contributed by atoms with Gasteiger partial charge in [-0.25, -0.2) is 9.97 Å². The predicted octanol–water partition coefficient (Wildman–Crippen LogP) is 3.85. The lowest BCUT2D eigenvalue weighted by Crippen LogP contribution is -2.31. The van der Waals surface area contributed by atoms with Gasteiger partial charge in [0.05, 0.1) is 17.3 Å². The third kappa shape index (κ3) is 2.55. The van der Waals surface area contributed by atoms with Crippen LogP contribution < -0.4 is 4.90 Å². The molecule has 1 aliphatic heterocycles. The number of amides is 1. The summed E-state index contributed by atoms with van der Waals surface area (Å²) in [4.78, 5) is 28.0. The molecule has 0 bridgehead atoms. The van der Waals surface area contributed by atoms with E-state index in [4.69, 9.17) is 0 Å². The van der Waals surface area contributed by atoms with Gasteiger partial charge in [0.1, 0.15) is 5.82 Å². The van der Waals surface area contributed by atoms with Gasteiger partial charge in [0.2, 0.25) is 5.91 Å². The van der Waals surface area contributed by atoms with Gasteiger partial charge in [-0.3, -0.25) is 14.7 Å². The molecular formula is C21H22N4O. The van der Waals surface area contributed by atoms with E-state index >= 15 is 0 Å². The number of pyridine rings is 1. The highest BCUT2D eigenvalue weighted by Crippen LogP contribution is 2.50.